The Kier molecular flexibility index (Phi) is 6.02. The Labute approximate surface area is 210 Å². The fraction of sp³-hybridized carbons (Fsp3) is 0.154. The van der Waals surface area contributed by atoms with Crippen molar-refractivity contribution in [3.63, 3.8) is 0 Å². The summed E-state index contributed by atoms with van der Waals surface area (Å²) in [4.78, 5) is 28.7. The van der Waals surface area contributed by atoms with Gasteiger partial charge < -0.3 is 14.1 Å². The molecule has 4 aromatic rings. The Morgan fingerprint density at radius 1 is 0.941 bits per heavy atom. The van der Waals surface area contributed by atoms with Crippen LogP contribution in [0.3, 0.4) is 0 Å². The lowest BCUT2D eigenvalue weighted by atomic mass is 9.98. The first-order valence-corrected chi connectivity index (χ1v) is 11.7. The highest BCUT2D eigenvalue weighted by atomic mass is 35.5. The minimum absolute atomic E-state index is 0.0330. The van der Waals surface area contributed by atoms with E-state index in [0.29, 0.717) is 44.6 Å². The van der Waals surface area contributed by atoms with Crippen molar-refractivity contribution in [2.45, 2.75) is 12.5 Å². The molecule has 0 aliphatic carbocycles. The summed E-state index contributed by atoms with van der Waals surface area (Å²) in [6.07, 6.45) is 0.571. The SMILES string of the molecule is COc1ccc(CCN2C(=O)c3oc4ccc(Cl)cc4c(=O)c3C2c2ccc(Cl)c(Cl)c2)cc1. The summed E-state index contributed by atoms with van der Waals surface area (Å²) in [7, 11) is 1.61. The Balaban J connectivity index is 1.62. The van der Waals surface area contributed by atoms with E-state index in [1.54, 1.807) is 48.4 Å². The molecule has 34 heavy (non-hydrogen) atoms. The van der Waals surface area contributed by atoms with Gasteiger partial charge in [-0.3, -0.25) is 9.59 Å². The molecule has 172 valence electrons. The number of nitrogens with zero attached hydrogens (tertiary/aromatic N) is 1. The number of carbonyl (C=O) groups is 1. The van der Waals surface area contributed by atoms with E-state index in [9.17, 15) is 9.59 Å². The van der Waals surface area contributed by atoms with Crippen molar-refractivity contribution < 1.29 is 13.9 Å². The molecular formula is C26H18Cl3NO4. The third kappa shape index (κ3) is 3.94. The Hall–Kier alpha value is -2.99. The predicted molar refractivity (Wildman–Crippen MR) is 134 cm³/mol. The normalized spacial score (nSPS) is 15.1. The Morgan fingerprint density at radius 2 is 1.71 bits per heavy atom. The number of ether oxygens (including phenoxy) is 1. The van der Waals surface area contributed by atoms with Gasteiger partial charge in [-0.2, -0.15) is 0 Å². The molecule has 0 bridgehead atoms. The Morgan fingerprint density at radius 3 is 2.41 bits per heavy atom. The maximum Gasteiger partial charge on any atom is 0.290 e. The lowest BCUT2D eigenvalue weighted by molar-refractivity contribution is 0.0730. The van der Waals surface area contributed by atoms with E-state index in [0.717, 1.165) is 11.3 Å². The number of halogens is 3. The summed E-state index contributed by atoms with van der Waals surface area (Å²) in [5.41, 5.74) is 1.98. The summed E-state index contributed by atoms with van der Waals surface area (Å²) in [5.74, 6) is 0.432. The third-order valence-electron chi connectivity index (χ3n) is 5.99. The molecule has 5 nitrogen and oxygen atoms in total. The van der Waals surface area contributed by atoms with Crippen LogP contribution in [0.2, 0.25) is 15.1 Å². The highest BCUT2D eigenvalue weighted by Crippen LogP contribution is 2.40. The molecule has 1 atom stereocenters. The molecule has 0 N–H and O–H groups in total. The standard InChI is InChI=1S/C26H18Cl3NO4/c1-33-17-6-2-14(3-7-17)10-11-30-23(15-4-8-19(28)20(29)12-15)22-24(31)18-13-16(27)5-9-21(18)34-25(22)26(30)32/h2-9,12-13,23H,10-11H2,1H3. The van der Waals surface area contributed by atoms with E-state index in [-0.39, 0.29) is 22.7 Å². The van der Waals surface area contributed by atoms with E-state index in [4.69, 9.17) is 44.0 Å². The molecule has 2 heterocycles. The number of methoxy groups -OCH3 is 1. The molecule has 1 unspecified atom stereocenters. The number of amides is 1. The minimum atomic E-state index is -0.671. The second-order valence-corrected chi connectivity index (χ2v) is 9.24. The van der Waals surface area contributed by atoms with E-state index in [1.165, 1.54) is 0 Å². The van der Waals surface area contributed by atoms with E-state index in [1.807, 2.05) is 24.3 Å². The third-order valence-corrected chi connectivity index (χ3v) is 6.96. The zero-order chi connectivity index (χ0) is 24.0. The van der Waals surface area contributed by atoms with Crippen LogP contribution in [0.1, 0.15) is 33.3 Å². The van der Waals surface area contributed by atoms with Crippen LogP contribution < -0.4 is 10.2 Å². The van der Waals surface area contributed by atoms with Crippen LogP contribution in [0.4, 0.5) is 0 Å². The van der Waals surface area contributed by atoms with E-state index >= 15 is 0 Å². The van der Waals surface area contributed by atoms with E-state index in [2.05, 4.69) is 0 Å². The Bertz CT molecular complexity index is 1480. The number of fused-ring (bicyclic) bond motifs is 2. The summed E-state index contributed by atoms with van der Waals surface area (Å²) < 4.78 is 11.2. The number of hydrogen-bond acceptors (Lipinski definition) is 4. The van der Waals surface area contributed by atoms with Gasteiger partial charge in [0.25, 0.3) is 5.91 Å². The van der Waals surface area contributed by atoms with Gasteiger partial charge in [-0.1, -0.05) is 53.0 Å². The van der Waals surface area contributed by atoms with Gasteiger partial charge in [0.15, 0.2) is 5.43 Å². The first-order valence-electron chi connectivity index (χ1n) is 10.5. The fourth-order valence-electron chi connectivity index (χ4n) is 4.29. The lowest BCUT2D eigenvalue weighted by Gasteiger charge is -2.25. The van der Waals surface area contributed by atoms with Crippen LogP contribution in [0, 0.1) is 0 Å². The van der Waals surface area contributed by atoms with Gasteiger partial charge in [0.05, 0.1) is 34.1 Å². The first kappa shape index (κ1) is 22.8. The van der Waals surface area contributed by atoms with Crippen LogP contribution in [0.15, 0.2) is 69.9 Å². The quantitative estimate of drug-likeness (QED) is 0.303. The zero-order valence-corrected chi connectivity index (χ0v) is 20.2. The summed E-state index contributed by atoms with van der Waals surface area (Å²) in [6.45, 7) is 0.358. The lowest BCUT2D eigenvalue weighted by Crippen LogP contribution is -2.31. The van der Waals surface area contributed by atoms with Crippen molar-refractivity contribution in [3.8, 4) is 5.75 Å². The second-order valence-electron chi connectivity index (χ2n) is 7.99. The summed E-state index contributed by atoms with van der Waals surface area (Å²) in [5, 5.41) is 1.45. The van der Waals surface area contributed by atoms with Gasteiger partial charge in [0, 0.05) is 11.6 Å². The maximum absolute atomic E-state index is 13.6. The molecular weight excluding hydrogens is 497 g/mol. The van der Waals surface area contributed by atoms with Crippen molar-refractivity contribution >= 4 is 51.7 Å². The highest BCUT2D eigenvalue weighted by Gasteiger charge is 2.42. The molecule has 1 aliphatic heterocycles. The fourth-order valence-corrected chi connectivity index (χ4v) is 4.77. The number of benzene rings is 3. The average Bonchev–Trinajstić information content (AvgIpc) is 3.12. The van der Waals surface area contributed by atoms with Gasteiger partial charge in [-0.25, -0.2) is 0 Å². The van der Waals surface area contributed by atoms with Crippen molar-refractivity contribution in [2.24, 2.45) is 0 Å². The molecule has 0 saturated heterocycles. The van der Waals surface area contributed by atoms with Gasteiger partial charge in [-0.05, 0) is 60.0 Å². The molecule has 8 heteroatoms. The van der Waals surface area contributed by atoms with Crippen molar-refractivity contribution in [1.29, 1.82) is 0 Å². The zero-order valence-electron chi connectivity index (χ0n) is 18.0. The monoisotopic (exact) mass is 513 g/mol. The molecule has 0 saturated carbocycles. The van der Waals surface area contributed by atoms with Crippen LogP contribution in [0.25, 0.3) is 11.0 Å². The summed E-state index contributed by atoms with van der Waals surface area (Å²) in [6, 6.07) is 16.8. The number of rotatable bonds is 5. The van der Waals surface area contributed by atoms with Crippen LogP contribution in [-0.4, -0.2) is 24.5 Å². The van der Waals surface area contributed by atoms with Gasteiger partial charge in [0.1, 0.15) is 11.3 Å². The van der Waals surface area contributed by atoms with Crippen molar-refractivity contribution in [2.75, 3.05) is 13.7 Å². The molecule has 1 aromatic heterocycles. The molecule has 1 aliphatic rings. The predicted octanol–water partition coefficient (Wildman–Crippen LogP) is 6.55. The number of hydrogen-bond donors (Lipinski definition) is 0. The molecule has 1 amide bonds. The van der Waals surface area contributed by atoms with Crippen LogP contribution >= 0.6 is 34.8 Å². The van der Waals surface area contributed by atoms with Gasteiger partial charge in [-0.15, -0.1) is 0 Å². The van der Waals surface area contributed by atoms with E-state index < -0.39 is 6.04 Å². The smallest absolute Gasteiger partial charge is 0.290 e. The molecule has 0 radical (unpaired) electrons. The summed E-state index contributed by atoms with van der Waals surface area (Å²) >= 11 is 18.6. The average molecular weight is 515 g/mol. The van der Waals surface area contributed by atoms with Crippen LogP contribution in [-0.2, 0) is 6.42 Å². The highest BCUT2D eigenvalue weighted by molar-refractivity contribution is 6.42. The molecule has 5 rings (SSSR count). The second kappa shape index (κ2) is 8.99. The molecule has 0 spiro atoms. The maximum atomic E-state index is 13.6. The topological polar surface area (TPSA) is 59.8 Å². The van der Waals surface area contributed by atoms with Gasteiger partial charge >= 0.3 is 0 Å². The number of carbonyl (C=O) groups excluding carboxylic acids is 1. The van der Waals surface area contributed by atoms with Gasteiger partial charge in [0.2, 0.25) is 5.76 Å². The van der Waals surface area contributed by atoms with Crippen molar-refractivity contribution in [1.82, 2.24) is 4.90 Å². The molecule has 0 fully saturated rings. The van der Waals surface area contributed by atoms with Crippen molar-refractivity contribution in [3.05, 3.63) is 108 Å². The largest absolute Gasteiger partial charge is 0.497 e. The van der Waals surface area contributed by atoms with Crippen LogP contribution in [0.5, 0.6) is 5.75 Å². The molecule has 3 aromatic carbocycles. The minimum Gasteiger partial charge on any atom is -0.497 e. The first-order chi connectivity index (χ1) is 16.4.